The molecule has 3 rings (SSSR count). The van der Waals surface area contributed by atoms with Crippen LogP contribution in [-0.4, -0.2) is 67.1 Å². The lowest BCUT2D eigenvalue weighted by Gasteiger charge is -2.27. The van der Waals surface area contributed by atoms with E-state index in [1.54, 1.807) is 25.9 Å². The maximum absolute atomic E-state index is 13.2. The minimum Gasteiger partial charge on any atom is -0.483 e. The van der Waals surface area contributed by atoms with Gasteiger partial charge in [0, 0.05) is 25.1 Å². The maximum Gasteiger partial charge on any atom is 0.419 e. The number of nitrogens with zero attached hydrogens (tertiary/aromatic N) is 3. The van der Waals surface area contributed by atoms with Gasteiger partial charge in [-0.2, -0.15) is 0 Å². The minimum atomic E-state index is -0.628. The van der Waals surface area contributed by atoms with Gasteiger partial charge in [-0.15, -0.1) is 0 Å². The predicted octanol–water partition coefficient (Wildman–Crippen LogP) is 5.90. The highest BCUT2D eigenvalue weighted by Gasteiger charge is 2.32. The van der Waals surface area contributed by atoms with Gasteiger partial charge in [-0.3, -0.25) is 4.57 Å². The highest BCUT2D eigenvalue weighted by Crippen LogP contribution is 2.31. The molecule has 0 amide bonds. The number of hydrogen-bond acceptors (Lipinski definition) is 7. The fraction of sp³-hybridized carbons (Fsp3) is 0.552. The molecule has 202 valence electrons. The van der Waals surface area contributed by atoms with Crippen molar-refractivity contribution in [2.75, 3.05) is 21.3 Å². The van der Waals surface area contributed by atoms with Gasteiger partial charge in [0.25, 0.3) is 0 Å². The van der Waals surface area contributed by atoms with Gasteiger partial charge in [-0.1, -0.05) is 38.1 Å². The van der Waals surface area contributed by atoms with Gasteiger partial charge in [-0.25, -0.2) is 14.8 Å². The SMILES string of the molecule is COC1=N[C@H](C(C)C)C(OC)=N[C@H]1Cc1cn(C(=O)OC(C)(C)C)c2cccc(/C=C/C(C)(C)OC)c12. The third-order valence-corrected chi connectivity index (χ3v) is 6.27. The van der Waals surface area contributed by atoms with E-state index in [9.17, 15) is 4.79 Å². The fourth-order valence-electron chi connectivity index (χ4n) is 4.21. The highest BCUT2D eigenvalue weighted by molar-refractivity contribution is 5.99. The molecular formula is C29H41N3O5. The molecule has 37 heavy (non-hydrogen) atoms. The highest BCUT2D eigenvalue weighted by atomic mass is 16.6. The van der Waals surface area contributed by atoms with Crippen molar-refractivity contribution in [2.24, 2.45) is 15.9 Å². The molecule has 2 aromatic rings. The molecule has 0 saturated carbocycles. The lowest BCUT2D eigenvalue weighted by molar-refractivity contribution is 0.0544. The normalized spacial score (nSPS) is 18.8. The molecule has 0 aliphatic carbocycles. The smallest absolute Gasteiger partial charge is 0.419 e. The van der Waals surface area contributed by atoms with Gasteiger partial charge in [-0.05, 0) is 57.7 Å². The molecule has 8 heteroatoms. The molecule has 8 nitrogen and oxygen atoms in total. The summed E-state index contributed by atoms with van der Waals surface area (Å²) in [6.07, 6.45) is 5.90. The van der Waals surface area contributed by atoms with Crippen molar-refractivity contribution in [3.05, 3.63) is 41.6 Å². The van der Waals surface area contributed by atoms with Crippen molar-refractivity contribution >= 4 is 34.9 Å². The Kier molecular flexibility index (Phi) is 8.52. The van der Waals surface area contributed by atoms with E-state index >= 15 is 0 Å². The quantitative estimate of drug-likeness (QED) is 0.482. The van der Waals surface area contributed by atoms with Crippen LogP contribution in [0, 0.1) is 5.92 Å². The molecule has 1 aromatic heterocycles. The van der Waals surface area contributed by atoms with Crippen LogP contribution in [0.4, 0.5) is 4.79 Å². The van der Waals surface area contributed by atoms with Crippen LogP contribution >= 0.6 is 0 Å². The second kappa shape index (κ2) is 11.1. The van der Waals surface area contributed by atoms with Crippen molar-refractivity contribution < 1.29 is 23.7 Å². The lowest BCUT2D eigenvalue weighted by atomic mass is 9.97. The zero-order valence-corrected chi connectivity index (χ0v) is 23.8. The summed E-state index contributed by atoms with van der Waals surface area (Å²) in [5.74, 6) is 1.34. The fourth-order valence-corrected chi connectivity index (χ4v) is 4.21. The summed E-state index contributed by atoms with van der Waals surface area (Å²) in [7, 11) is 4.91. The van der Waals surface area contributed by atoms with Crippen LogP contribution in [0.25, 0.3) is 17.0 Å². The van der Waals surface area contributed by atoms with E-state index in [1.807, 2.05) is 71.2 Å². The molecule has 0 saturated heterocycles. The second-order valence-electron chi connectivity index (χ2n) is 11.1. The maximum atomic E-state index is 13.2. The van der Waals surface area contributed by atoms with Gasteiger partial charge in [0.15, 0.2) is 0 Å². The van der Waals surface area contributed by atoms with Crippen molar-refractivity contribution in [1.29, 1.82) is 0 Å². The molecule has 0 bridgehead atoms. The summed E-state index contributed by atoms with van der Waals surface area (Å²) in [4.78, 5) is 22.9. The average Bonchev–Trinajstić information content (AvgIpc) is 3.20. The van der Waals surface area contributed by atoms with E-state index in [0.717, 1.165) is 22.0 Å². The van der Waals surface area contributed by atoms with Gasteiger partial charge in [0.05, 0.1) is 25.3 Å². The van der Waals surface area contributed by atoms with Gasteiger partial charge in [0.2, 0.25) is 11.8 Å². The van der Waals surface area contributed by atoms with Crippen LogP contribution in [0.1, 0.15) is 59.6 Å². The largest absolute Gasteiger partial charge is 0.483 e. The van der Waals surface area contributed by atoms with Crippen molar-refractivity contribution in [3.8, 4) is 0 Å². The van der Waals surface area contributed by atoms with E-state index in [-0.39, 0.29) is 18.0 Å². The van der Waals surface area contributed by atoms with E-state index in [4.69, 9.17) is 28.9 Å². The molecule has 1 aliphatic heterocycles. The second-order valence-corrected chi connectivity index (χ2v) is 11.1. The Morgan fingerprint density at radius 3 is 2.30 bits per heavy atom. The predicted molar refractivity (Wildman–Crippen MR) is 149 cm³/mol. The number of aromatic nitrogens is 1. The Hall–Kier alpha value is -3.13. The molecule has 0 fully saturated rings. The number of methoxy groups -OCH3 is 3. The average molecular weight is 512 g/mol. The monoisotopic (exact) mass is 511 g/mol. The first-order valence-corrected chi connectivity index (χ1v) is 12.6. The van der Waals surface area contributed by atoms with Crippen LogP contribution < -0.4 is 0 Å². The van der Waals surface area contributed by atoms with Crippen LogP contribution in [0.5, 0.6) is 0 Å². The summed E-state index contributed by atoms with van der Waals surface area (Å²) in [6.45, 7) is 13.7. The van der Waals surface area contributed by atoms with E-state index in [0.29, 0.717) is 18.2 Å². The molecule has 1 aliphatic rings. The molecule has 1 aromatic carbocycles. The number of aliphatic imine (C=N–C) groups is 2. The topological polar surface area (TPSA) is 83.6 Å². The summed E-state index contributed by atoms with van der Waals surface area (Å²) < 4.78 is 24.1. The van der Waals surface area contributed by atoms with Crippen molar-refractivity contribution in [1.82, 2.24) is 4.57 Å². The number of ether oxygens (including phenoxy) is 4. The Balaban J connectivity index is 2.16. The zero-order chi connectivity index (χ0) is 27.5. The number of hydrogen-bond donors (Lipinski definition) is 0. The number of fused-ring (bicyclic) bond motifs is 1. The van der Waals surface area contributed by atoms with Gasteiger partial charge in [0.1, 0.15) is 17.7 Å². The third-order valence-electron chi connectivity index (χ3n) is 6.27. The summed E-state index contributed by atoms with van der Waals surface area (Å²) >= 11 is 0. The molecule has 0 spiro atoms. The van der Waals surface area contributed by atoms with Gasteiger partial charge >= 0.3 is 6.09 Å². The van der Waals surface area contributed by atoms with Crippen LogP contribution in [0.2, 0.25) is 0 Å². The lowest BCUT2D eigenvalue weighted by Crippen LogP contribution is -2.38. The standard InChI is InChI=1S/C29H41N3O5/c1-18(2)24-26(35-9)30-21(25(31-24)34-8)16-20-17-32(27(33)37-28(3,4)5)22-13-11-12-19(23(20)22)14-15-29(6,7)36-10/h11-15,17-18,21,24H,16H2,1-10H3/b15-14+/t21-,24+/m0/s1. The first kappa shape index (κ1) is 28.4. The first-order chi connectivity index (χ1) is 17.3. The summed E-state index contributed by atoms with van der Waals surface area (Å²) in [5.41, 5.74) is 1.57. The van der Waals surface area contributed by atoms with Crippen molar-refractivity contribution in [2.45, 2.75) is 78.2 Å². The molecule has 2 heterocycles. The molecular weight excluding hydrogens is 470 g/mol. The summed E-state index contributed by atoms with van der Waals surface area (Å²) in [5, 5.41) is 0.937. The van der Waals surface area contributed by atoms with E-state index < -0.39 is 17.3 Å². The number of benzene rings is 1. The number of carbonyl (C=O) groups is 1. The Morgan fingerprint density at radius 2 is 1.73 bits per heavy atom. The van der Waals surface area contributed by atoms with E-state index in [2.05, 4.69) is 13.8 Å². The molecule has 2 atom stereocenters. The van der Waals surface area contributed by atoms with E-state index in [1.165, 1.54) is 0 Å². The van der Waals surface area contributed by atoms with Crippen LogP contribution in [0.3, 0.4) is 0 Å². The summed E-state index contributed by atoms with van der Waals surface area (Å²) in [6, 6.07) is 5.29. The first-order valence-electron chi connectivity index (χ1n) is 12.6. The third kappa shape index (κ3) is 6.60. The van der Waals surface area contributed by atoms with Crippen LogP contribution in [-0.2, 0) is 25.4 Å². The number of rotatable bonds is 6. The zero-order valence-electron chi connectivity index (χ0n) is 23.8. The van der Waals surface area contributed by atoms with Gasteiger partial charge < -0.3 is 18.9 Å². The number of carbonyl (C=O) groups excluding carboxylic acids is 1. The van der Waals surface area contributed by atoms with Crippen LogP contribution in [0.15, 0.2) is 40.5 Å². The molecule has 0 radical (unpaired) electrons. The minimum absolute atomic E-state index is 0.200. The Morgan fingerprint density at radius 1 is 1.05 bits per heavy atom. The molecule has 0 N–H and O–H groups in total. The Labute approximate surface area is 220 Å². The Bertz CT molecular complexity index is 1210. The molecule has 0 unspecified atom stereocenters. The van der Waals surface area contributed by atoms with Crippen molar-refractivity contribution in [3.63, 3.8) is 0 Å².